The Morgan fingerprint density at radius 1 is 0.967 bits per heavy atom. The summed E-state index contributed by atoms with van der Waals surface area (Å²) in [6.07, 6.45) is 0. The van der Waals surface area contributed by atoms with Crippen LogP contribution < -0.4 is 14.2 Å². The van der Waals surface area contributed by atoms with Crippen LogP contribution in [0.5, 0.6) is 17.2 Å². The van der Waals surface area contributed by atoms with Crippen molar-refractivity contribution in [3.63, 3.8) is 0 Å². The number of rotatable bonds is 7. The number of piperazine rings is 1. The van der Waals surface area contributed by atoms with E-state index in [1.54, 1.807) is 29.2 Å². The van der Waals surface area contributed by atoms with E-state index >= 15 is 0 Å². The van der Waals surface area contributed by atoms with Crippen molar-refractivity contribution in [3.05, 3.63) is 57.6 Å². The van der Waals surface area contributed by atoms with Crippen molar-refractivity contribution in [1.82, 2.24) is 9.80 Å². The number of amides is 1. The SMILES string of the molecule is COc1cc(OC)c(C(=O)N2CCN(Cc3cccc([N+](=O)[O-])c3)CC2)cc1OC. The largest absolute Gasteiger partial charge is 0.496 e. The predicted molar refractivity (Wildman–Crippen MR) is 110 cm³/mol. The summed E-state index contributed by atoms with van der Waals surface area (Å²) >= 11 is 0. The summed E-state index contributed by atoms with van der Waals surface area (Å²) in [7, 11) is 4.56. The molecule has 0 atom stereocenters. The number of methoxy groups -OCH3 is 3. The van der Waals surface area contributed by atoms with Gasteiger partial charge in [0.05, 0.1) is 31.8 Å². The van der Waals surface area contributed by atoms with Gasteiger partial charge in [0.1, 0.15) is 5.75 Å². The molecule has 1 amide bonds. The molecular weight excluding hydrogens is 390 g/mol. The van der Waals surface area contributed by atoms with E-state index in [4.69, 9.17) is 14.2 Å². The molecule has 0 aliphatic carbocycles. The number of carbonyl (C=O) groups excluding carboxylic acids is 1. The highest BCUT2D eigenvalue weighted by Gasteiger charge is 2.26. The fourth-order valence-corrected chi connectivity index (χ4v) is 3.50. The van der Waals surface area contributed by atoms with Gasteiger partial charge in [-0.15, -0.1) is 0 Å². The lowest BCUT2D eigenvalue weighted by molar-refractivity contribution is -0.384. The Morgan fingerprint density at radius 2 is 1.60 bits per heavy atom. The Hall–Kier alpha value is -3.33. The minimum absolute atomic E-state index is 0.0851. The molecule has 9 nitrogen and oxygen atoms in total. The second-order valence-electron chi connectivity index (χ2n) is 6.90. The van der Waals surface area contributed by atoms with Crippen LogP contribution in [0.2, 0.25) is 0 Å². The molecule has 9 heteroatoms. The lowest BCUT2D eigenvalue weighted by Crippen LogP contribution is -2.48. The van der Waals surface area contributed by atoms with Crippen molar-refractivity contribution in [1.29, 1.82) is 0 Å². The Kier molecular flexibility index (Phi) is 6.73. The van der Waals surface area contributed by atoms with Gasteiger partial charge in [0.15, 0.2) is 11.5 Å². The zero-order valence-corrected chi connectivity index (χ0v) is 17.3. The maximum atomic E-state index is 13.1. The summed E-state index contributed by atoms with van der Waals surface area (Å²) in [6, 6.07) is 9.92. The Balaban J connectivity index is 1.67. The van der Waals surface area contributed by atoms with Crippen LogP contribution in [0.25, 0.3) is 0 Å². The lowest BCUT2D eigenvalue weighted by atomic mass is 10.1. The monoisotopic (exact) mass is 415 g/mol. The van der Waals surface area contributed by atoms with Gasteiger partial charge in [-0.2, -0.15) is 0 Å². The molecule has 1 saturated heterocycles. The summed E-state index contributed by atoms with van der Waals surface area (Å²) in [5, 5.41) is 11.0. The molecule has 0 saturated carbocycles. The third kappa shape index (κ3) is 4.62. The average Bonchev–Trinajstić information content (AvgIpc) is 2.78. The van der Waals surface area contributed by atoms with Crippen molar-refractivity contribution in [2.45, 2.75) is 6.54 Å². The van der Waals surface area contributed by atoms with Gasteiger partial charge in [0, 0.05) is 57.0 Å². The molecule has 1 aliphatic heterocycles. The molecule has 0 N–H and O–H groups in total. The smallest absolute Gasteiger partial charge is 0.269 e. The summed E-state index contributed by atoms with van der Waals surface area (Å²) in [5.41, 5.74) is 1.38. The van der Waals surface area contributed by atoms with Gasteiger partial charge in [-0.05, 0) is 5.56 Å². The average molecular weight is 415 g/mol. The molecule has 1 heterocycles. The molecule has 1 fully saturated rings. The molecule has 0 unspecified atom stereocenters. The van der Waals surface area contributed by atoms with Crippen molar-refractivity contribution >= 4 is 11.6 Å². The highest BCUT2D eigenvalue weighted by Crippen LogP contribution is 2.35. The number of hydrogen-bond acceptors (Lipinski definition) is 7. The molecule has 2 aromatic rings. The first kappa shape index (κ1) is 21.4. The van der Waals surface area contributed by atoms with Crippen LogP contribution in [0.15, 0.2) is 36.4 Å². The van der Waals surface area contributed by atoms with Crippen LogP contribution in [-0.4, -0.2) is 68.1 Å². The van der Waals surface area contributed by atoms with E-state index in [0.717, 1.165) is 5.56 Å². The van der Waals surface area contributed by atoms with Gasteiger partial charge in [-0.3, -0.25) is 19.8 Å². The molecule has 0 spiro atoms. The number of hydrogen-bond donors (Lipinski definition) is 0. The fraction of sp³-hybridized carbons (Fsp3) is 0.381. The predicted octanol–water partition coefficient (Wildman–Crippen LogP) is 2.58. The zero-order valence-electron chi connectivity index (χ0n) is 17.3. The normalized spacial score (nSPS) is 14.3. The van der Waals surface area contributed by atoms with Gasteiger partial charge in [0.2, 0.25) is 0 Å². The van der Waals surface area contributed by atoms with E-state index in [9.17, 15) is 14.9 Å². The third-order valence-electron chi connectivity index (χ3n) is 5.12. The Labute approximate surface area is 174 Å². The second kappa shape index (κ2) is 9.45. The number of nitro groups is 1. The standard InChI is InChI=1S/C21H25N3O6/c1-28-18-13-20(30-3)19(29-2)12-17(18)21(25)23-9-7-22(8-10-23)14-15-5-4-6-16(11-15)24(26)27/h4-6,11-13H,7-10,14H2,1-3H3. The highest BCUT2D eigenvalue weighted by atomic mass is 16.6. The van der Waals surface area contributed by atoms with E-state index in [2.05, 4.69) is 4.90 Å². The Bertz CT molecular complexity index is 925. The molecule has 0 bridgehead atoms. The summed E-state index contributed by atoms with van der Waals surface area (Å²) in [5.74, 6) is 1.25. The first-order valence-corrected chi connectivity index (χ1v) is 9.51. The van der Waals surface area contributed by atoms with E-state index in [1.807, 2.05) is 6.07 Å². The summed E-state index contributed by atoms with van der Waals surface area (Å²) in [6.45, 7) is 3.04. The number of carbonyl (C=O) groups is 1. The topological polar surface area (TPSA) is 94.4 Å². The van der Waals surface area contributed by atoms with E-state index in [1.165, 1.54) is 27.4 Å². The molecule has 2 aromatic carbocycles. The van der Waals surface area contributed by atoms with Crippen LogP contribution in [0.1, 0.15) is 15.9 Å². The van der Waals surface area contributed by atoms with Crippen molar-refractivity contribution in [2.24, 2.45) is 0 Å². The first-order chi connectivity index (χ1) is 14.5. The summed E-state index contributed by atoms with van der Waals surface area (Å²) < 4.78 is 16.0. The van der Waals surface area contributed by atoms with Crippen molar-refractivity contribution in [3.8, 4) is 17.2 Å². The number of benzene rings is 2. The van der Waals surface area contributed by atoms with Crippen LogP contribution >= 0.6 is 0 Å². The van der Waals surface area contributed by atoms with Crippen LogP contribution in [0, 0.1) is 10.1 Å². The van der Waals surface area contributed by atoms with Crippen molar-refractivity contribution in [2.75, 3.05) is 47.5 Å². The number of ether oxygens (including phenoxy) is 3. The Morgan fingerprint density at radius 3 is 2.20 bits per heavy atom. The van der Waals surface area contributed by atoms with Crippen LogP contribution in [-0.2, 0) is 6.54 Å². The second-order valence-corrected chi connectivity index (χ2v) is 6.90. The number of non-ortho nitro benzene ring substituents is 1. The molecule has 1 aliphatic rings. The van der Waals surface area contributed by atoms with E-state index in [0.29, 0.717) is 55.5 Å². The van der Waals surface area contributed by atoms with Gasteiger partial charge >= 0.3 is 0 Å². The quantitative estimate of drug-likeness (QED) is 0.507. The highest BCUT2D eigenvalue weighted by molar-refractivity contribution is 5.98. The summed E-state index contributed by atoms with van der Waals surface area (Å²) in [4.78, 5) is 27.6. The van der Waals surface area contributed by atoms with Crippen LogP contribution in [0.4, 0.5) is 5.69 Å². The minimum Gasteiger partial charge on any atom is -0.496 e. The molecule has 3 rings (SSSR count). The minimum atomic E-state index is -0.392. The molecular formula is C21H25N3O6. The molecule has 0 aromatic heterocycles. The number of nitrogens with zero attached hydrogens (tertiary/aromatic N) is 3. The maximum absolute atomic E-state index is 13.1. The van der Waals surface area contributed by atoms with Gasteiger partial charge in [0.25, 0.3) is 11.6 Å². The van der Waals surface area contributed by atoms with Gasteiger partial charge in [-0.1, -0.05) is 12.1 Å². The molecule has 30 heavy (non-hydrogen) atoms. The lowest BCUT2D eigenvalue weighted by Gasteiger charge is -2.35. The molecule has 0 radical (unpaired) electrons. The number of nitro benzene ring substituents is 1. The van der Waals surface area contributed by atoms with Gasteiger partial charge in [-0.25, -0.2) is 0 Å². The van der Waals surface area contributed by atoms with Crippen molar-refractivity contribution < 1.29 is 23.9 Å². The van der Waals surface area contributed by atoms with E-state index < -0.39 is 4.92 Å². The molecule has 160 valence electrons. The first-order valence-electron chi connectivity index (χ1n) is 9.51. The van der Waals surface area contributed by atoms with Crippen LogP contribution in [0.3, 0.4) is 0 Å². The van der Waals surface area contributed by atoms with Gasteiger partial charge < -0.3 is 19.1 Å². The third-order valence-corrected chi connectivity index (χ3v) is 5.12. The fourth-order valence-electron chi connectivity index (χ4n) is 3.50. The maximum Gasteiger partial charge on any atom is 0.269 e. The van der Waals surface area contributed by atoms with E-state index in [-0.39, 0.29) is 11.6 Å². The zero-order chi connectivity index (χ0) is 21.7.